The van der Waals surface area contributed by atoms with E-state index in [2.05, 4.69) is 15.4 Å². The minimum atomic E-state index is -0.353. The minimum absolute atomic E-state index is 0.295. The van der Waals surface area contributed by atoms with Crippen molar-refractivity contribution in [3.05, 3.63) is 65.6 Å². The number of nitrogens with one attached hydrogen (secondary N) is 1. The number of pyridine rings is 1. The lowest BCUT2D eigenvalue weighted by molar-refractivity contribution is 0.102. The molecule has 0 aliphatic carbocycles. The van der Waals surface area contributed by atoms with Crippen molar-refractivity contribution in [3.63, 3.8) is 0 Å². The van der Waals surface area contributed by atoms with E-state index in [9.17, 15) is 4.79 Å². The average molecular weight is 314 g/mol. The summed E-state index contributed by atoms with van der Waals surface area (Å²) in [5.74, 6) is -0.0574. The Morgan fingerprint density at radius 2 is 1.95 bits per heavy atom. The van der Waals surface area contributed by atoms with Gasteiger partial charge in [0.25, 0.3) is 5.91 Å². The summed E-state index contributed by atoms with van der Waals surface area (Å²) < 4.78 is 1.60. The first-order valence-corrected chi connectivity index (χ1v) is 6.85. The molecule has 2 heterocycles. The molecule has 0 unspecified atom stereocenters. The molecular formula is C15H12ClN5O. The standard InChI is InChI=1S/C15H12ClN5O/c16-13-7-6-10(8-18-13)15(22)19-14-12(17)9-21(20-14)11-4-2-1-3-5-11/h1-9H,17H2,(H,19,20,22). The summed E-state index contributed by atoms with van der Waals surface area (Å²) in [5.41, 5.74) is 7.49. The van der Waals surface area contributed by atoms with Gasteiger partial charge < -0.3 is 11.1 Å². The zero-order valence-electron chi connectivity index (χ0n) is 11.4. The van der Waals surface area contributed by atoms with E-state index in [1.54, 1.807) is 23.0 Å². The molecule has 3 rings (SSSR count). The van der Waals surface area contributed by atoms with Crippen molar-refractivity contribution in [2.75, 3.05) is 11.1 Å². The number of para-hydroxylation sites is 1. The molecule has 0 fully saturated rings. The second kappa shape index (κ2) is 5.87. The number of rotatable bonds is 3. The van der Waals surface area contributed by atoms with Crippen LogP contribution >= 0.6 is 11.6 Å². The molecule has 1 amide bonds. The summed E-state index contributed by atoms with van der Waals surface area (Å²) in [6, 6.07) is 12.6. The van der Waals surface area contributed by atoms with Crippen molar-refractivity contribution in [2.45, 2.75) is 0 Å². The van der Waals surface area contributed by atoms with Crippen LogP contribution < -0.4 is 11.1 Å². The number of amides is 1. The van der Waals surface area contributed by atoms with Crippen molar-refractivity contribution in [2.24, 2.45) is 0 Å². The molecule has 0 bridgehead atoms. The summed E-state index contributed by atoms with van der Waals surface area (Å²) >= 11 is 5.69. The first kappa shape index (κ1) is 14.1. The van der Waals surface area contributed by atoms with Gasteiger partial charge in [-0.15, -0.1) is 5.10 Å². The molecule has 2 aromatic heterocycles. The second-order valence-electron chi connectivity index (χ2n) is 4.54. The van der Waals surface area contributed by atoms with Gasteiger partial charge in [0.05, 0.1) is 23.1 Å². The lowest BCUT2D eigenvalue weighted by atomic mass is 10.3. The van der Waals surface area contributed by atoms with Crippen molar-refractivity contribution in [3.8, 4) is 5.69 Å². The number of hydrogen-bond acceptors (Lipinski definition) is 4. The van der Waals surface area contributed by atoms with E-state index >= 15 is 0 Å². The van der Waals surface area contributed by atoms with Crippen LogP contribution in [-0.4, -0.2) is 20.7 Å². The maximum absolute atomic E-state index is 12.1. The highest BCUT2D eigenvalue weighted by Crippen LogP contribution is 2.19. The van der Waals surface area contributed by atoms with Crippen LogP contribution in [0.4, 0.5) is 11.5 Å². The first-order valence-electron chi connectivity index (χ1n) is 6.47. The van der Waals surface area contributed by atoms with Gasteiger partial charge in [0, 0.05) is 6.20 Å². The van der Waals surface area contributed by atoms with Crippen LogP contribution in [-0.2, 0) is 0 Å². The number of aromatic nitrogens is 3. The number of carbonyl (C=O) groups excluding carboxylic acids is 1. The Morgan fingerprint density at radius 3 is 2.64 bits per heavy atom. The van der Waals surface area contributed by atoms with Gasteiger partial charge in [0.2, 0.25) is 0 Å². The maximum Gasteiger partial charge on any atom is 0.258 e. The molecule has 0 aliphatic heterocycles. The molecule has 0 radical (unpaired) electrons. The van der Waals surface area contributed by atoms with Crippen LogP contribution in [0.25, 0.3) is 5.69 Å². The Morgan fingerprint density at radius 1 is 1.18 bits per heavy atom. The Bertz CT molecular complexity index is 799. The van der Waals surface area contributed by atoms with E-state index in [1.165, 1.54) is 6.20 Å². The SMILES string of the molecule is Nc1cn(-c2ccccc2)nc1NC(=O)c1ccc(Cl)nc1. The van der Waals surface area contributed by atoms with Gasteiger partial charge in [-0.25, -0.2) is 9.67 Å². The van der Waals surface area contributed by atoms with Crippen molar-refractivity contribution >= 4 is 29.0 Å². The van der Waals surface area contributed by atoms with Crippen molar-refractivity contribution in [1.82, 2.24) is 14.8 Å². The van der Waals surface area contributed by atoms with Gasteiger partial charge >= 0.3 is 0 Å². The molecule has 3 aromatic rings. The first-order chi connectivity index (χ1) is 10.6. The highest BCUT2D eigenvalue weighted by atomic mass is 35.5. The highest BCUT2D eigenvalue weighted by Gasteiger charge is 2.12. The highest BCUT2D eigenvalue weighted by molar-refractivity contribution is 6.29. The molecule has 0 saturated carbocycles. The molecule has 7 heteroatoms. The number of nitrogen functional groups attached to an aromatic ring is 1. The molecular weight excluding hydrogens is 302 g/mol. The third-order valence-corrected chi connectivity index (χ3v) is 3.21. The van der Waals surface area contributed by atoms with Crippen LogP contribution in [0.15, 0.2) is 54.9 Å². The van der Waals surface area contributed by atoms with E-state index in [0.29, 0.717) is 22.2 Å². The number of nitrogens with two attached hydrogens (primary N) is 1. The van der Waals surface area contributed by atoms with E-state index < -0.39 is 0 Å². The van der Waals surface area contributed by atoms with Gasteiger partial charge in [-0.3, -0.25) is 4.79 Å². The lowest BCUT2D eigenvalue weighted by Crippen LogP contribution is -2.13. The quantitative estimate of drug-likeness (QED) is 0.728. The van der Waals surface area contributed by atoms with Crippen molar-refractivity contribution in [1.29, 1.82) is 0 Å². The summed E-state index contributed by atoms with van der Waals surface area (Å²) in [7, 11) is 0. The number of nitrogens with zero attached hydrogens (tertiary/aromatic N) is 3. The normalized spacial score (nSPS) is 10.4. The predicted molar refractivity (Wildman–Crippen MR) is 85.2 cm³/mol. The largest absolute Gasteiger partial charge is 0.394 e. The summed E-state index contributed by atoms with van der Waals surface area (Å²) in [5, 5.41) is 7.26. The minimum Gasteiger partial charge on any atom is -0.394 e. The fourth-order valence-electron chi connectivity index (χ4n) is 1.89. The van der Waals surface area contributed by atoms with Crippen molar-refractivity contribution < 1.29 is 4.79 Å². The fourth-order valence-corrected chi connectivity index (χ4v) is 2.00. The molecule has 110 valence electrons. The van der Waals surface area contributed by atoms with E-state index in [0.717, 1.165) is 5.69 Å². The van der Waals surface area contributed by atoms with Crippen LogP contribution in [0, 0.1) is 0 Å². The summed E-state index contributed by atoms with van der Waals surface area (Å²) in [4.78, 5) is 16.0. The zero-order valence-corrected chi connectivity index (χ0v) is 12.2. The topological polar surface area (TPSA) is 85.8 Å². The number of benzene rings is 1. The van der Waals surface area contributed by atoms with E-state index in [-0.39, 0.29) is 5.91 Å². The molecule has 3 N–H and O–H groups in total. The average Bonchev–Trinajstić information content (AvgIpc) is 2.90. The molecule has 0 saturated heterocycles. The molecule has 22 heavy (non-hydrogen) atoms. The number of carbonyl (C=O) groups is 1. The van der Waals surface area contributed by atoms with Gasteiger partial charge in [-0.2, -0.15) is 0 Å². The van der Waals surface area contributed by atoms with Gasteiger partial charge in [-0.05, 0) is 24.3 Å². The third-order valence-electron chi connectivity index (χ3n) is 2.98. The molecule has 0 aliphatic rings. The number of halogens is 1. The second-order valence-corrected chi connectivity index (χ2v) is 4.92. The van der Waals surface area contributed by atoms with Crippen LogP contribution in [0.2, 0.25) is 5.15 Å². The van der Waals surface area contributed by atoms with Crippen LogP contribution in [0.1, 0.15) is 10.4 Å². The Labute approximate surface area is 131 Å². The molecule has 1 aromatic carbocycles. The lowest BCUT2D eigenvalue weighted by Gasteiger charge is -2.03. The monoisotopic (exact) mass is 313 g/mol. The summed E-state index contributed by atoms with van der Waals surface area (Å²) in [6.45, 7) is 0. The predicted octanol–water partition coefficient (Wildman–Crippen LogP) is 2.76. The van der Waals surface area contributed by atoms with Gasteiger partial charge in [-0.1, -0.05) is 29.8 Å². The zero-order chi connectivity index (χ0) is 15.5. The van der Waals surface area contributed by atoms with Gasteiger partial charge in [0.1, 0.15) is 5.15 Å². The smallest absolute Gasteiger partial charge is 0.258 e. The Kier molecular flexibility index (Phi) is 3.76. The number of anilines is 2. The van der Waals surface area contributed by atoms with Crippen LogP contribution in [0.5, 0.6) is 0 Å². The Balaban J connectivity index is 1.82. The third kappa shape index (κ3) is 2.91. The van der Waals surface area contributed by atoms with Gasteiger partial charge in [0.15, 0.2) is 5.82 Å². The summed E-state index contributed by atoms with van der Waals surface area (Å²) in [6.07, 6.45) is 3.03. The fraction of sp³-hybridized carbons (Fsp3) is 0. The molecule has 0 spiro atoms. The maximum atomic E-state index is 12.1. The Hall–Kier alpha value is -2.86. The van der Waals surface area contributed by atoms with E-state index in [4.69, 9.17) is 17.3 Å². The van der Waals surface area contributed by atoms with Crippen LogP contribution in [0.3, 0.4) is 0 Å². The molecule has 6 nitrogen and oxygen atoms in total. The van der Waals surface area contributed by atoms with E-state index in [1.807, 2.05) is 30.3 Å². The molecule has 0 atom stereocenters. The number of hydrogen-bond donors (Lipinski definition) is 2.